The summed E-state index contributed by atoms with van der Waals surface area (Å²) in [5.41, 5.74) is -1.31. The number of nitrogens with one attached hydrogen (secondary N) is 1. The Kier molecular flexibility index (Phi) is 3.37. The summed E-state index contributed by atoms with van der Waals surface area (Å²) >= 11 is 0. The second kappa shape index (κ2) is 3.89. The maximum Gasteiger partial charge on any atom is 0.394 e. The van der Waals surface area contributed by atoms with Crippen LogP contribution in [0.5, 0.6) is 0 Å². The van der Waals surface area contributed by atoms with E-state index in [9.17, 15) is 13.2 Å². The Bertz CT molecular complexity index is 195. The Hall–Kier alpha value is 0.0400. The van der Waals surface area contributed by atoms with Crippen molar-refractivity contribution in [1.29, 1.82) is 0 Å². The Morgan fingerprint density at radius 2 is 1.86 bits per heavy atom. The predicted octanol–water partition coefficient (Wildman–Crippen LogP) is 2.75. The summed E-state index contributed by atoms with van der Waals surface area (Å²) in [4.78, 5) is 0. The van der Waals surface area contributed by atoms with Crippen molar-refractivity contribution >= 4 is 12.4 Å². The lowest BCUT2D eigenvalue weighted by Crippen LogP contribution is -2.41. The summed E-state index contributed by atoms with van der Waals surface area (Å²) in [6.45, 7) is 1.43. The summed E-state index contributed by atoms with van der Waals surface area (Å²) in [6, 6.07) is 0. The molecule has 1 saturated carbocycles. The molecule has 14 heavy (non-hydrogen) atoms. The molecule has 1 saturated heterocycles. The van der Waals surface area contributed by atoms with E-state index in [0.29, 0.717) is 19.4 Å². The van der Waals surface area contributed by atoms with E-state index in [4.69, 9.17) is 0 Å². The van der Waals surface area contributed by atoms with Crippen molar-refractivity contribution in [3.63, 3.8) is 0 Å². The molecule has 0 spiro atoms. The van der Waals surface area contributed by atoms with Crippen molar-refractivity contribution in [3.8, 4) is 0 Å². The zero-order chi connectivity index (χ0) is 9.53. The van der Waals surface area contributed by atoms with E-state index < -0.39 is 11.6 Å². The largest absolute Gasteiger partial charge is 0.394 e. The summed E-state index contributed by atoms with van der Waals surface area (Å²) < 4.78 is 38.0. The highest BCUT2D eigenvalue weighted by molar-refractivity contribution is 5.85. The fourth-order valence-electron chi connectivity index (χ4n) is 2.38. The van der Waals surface area contributed by atoms with E-state index in [1.165, 1.54) is 0 Å². The van der Waals surface area contributed by atoms with Crippen LogP contribution >= 0.6 is 12.4 Å². The van der Waals surface area contributed by atoms with Crippen LogP contribution in [0.3, 0.4) is 0 Å². The smallest absolute Gasteiger partial charge is 0.316 e. The Balaban J connectivity index is 0.000000980. The van der Waals surface area contributed by atoms with E-state index in [1.807, 2.05) is 0 Å². The number of rotatable bonds is 1. The number of alkyl halides is 3. The first kappa shape index (κ1) is 12.1. The lowest BCUT2D eigenvalue weighted by Gasteiger charge is -2.32. The highest BCUT2D eigenvalue weighted by Gasteiger charge is 2.66. The molecule has 0 radical (unpaired) electrons. The van der Waals surface area contributed by atoms with Gasteiger partial charge < -0.3 is 5.32 Å². The molecule has 0 bridgehead atoms. The minimum absolute atomic E-state index is 0. The third-order valence-corrected chi connectivity index (χ3v) is 3.43. The van der Waals surface area contributed by atoms with Gasteiger partial charge in [-0.25, -0.2) is 0 Å². The standard InChI is InChI=1S/C9H14F3N.ClH/c10-9(11,12)8(3-4-8)7-2-1-5-13-6-7;/h7,13H,1-6H2;1H. The van der Waals surface area contributed by atoms with E-state index in [2.05, 4.69) is 5.32 Å². The minimum atomic E-state index is -3.98. The van der Waals surface area contributed by atoms with Gasteiger partial charge >= 0.3 is 6.18 Å². The lowest BCUT2D eigenvalue weighted by molar-refractivity contribution is -0.204. The highest BCUT2D eigenvalue weighted by Crippen LogP contribution is 2.63. The molecule has 1 heterocycles. The number of hydrogen-bond acceptors (Lipinski definition) is 1. The van der Waals surface area contributed by atoms with Gasteiger partial charge in [-0.3, -0.25) is 0 Å². The molecule has 0 aromatic heterocycles. The van der Waals surface area contributed by atoms with Crippen LogP contribution in [0.15, 0.2) is 0 Å². The maximum absolute atomic E-state index is 12.7. The van der Waals surface area contributed by atoms with Gasteiger partial charge in [-0.1, -0.05) is 0 Å². The molecule has 5 heteroatoms. The number of halogens is 4. The average Bonchev–Trinajstić information content (AvgIpc) is 2.84. The highest BCUT2D eigenvalue weighted by atomic mass is 35.5. The fourth-order valence-corrected chi connectivity index (χ4v) is 2.38. The number of hydrogen-bond donors (Lipinski definition) is 1. The van der Waals surface area contributed by atoms with Crippen molar-refractivity contribution in [2.24, 2.45) is 11.3 Å². The van der Waals surface area contributed by atoms with Crippen LogP contribution in [-0.2, 0) is 0 Å². The van der Waals surface area contributed by atoms with E-state index >= 15 is 0 Å². The molecule has 0 aromatic rings. The van der Waals surface area contributed by atoms with Crippen LogP contribution in [0.4, 0.5) is 13.2 Å². The molecule has 0 aromatic carbocycles. The molecule has 1 nitrogen and oxygen atoms in total. The van der Waals surface area contributed by atoms with Gasteiger partial charge in [0.05, 0.1) is 5.41 Å². The first-order valence-electron chi connectivity index (χ1n) is 4.84. The molecule has 1 aliphatic heterocycles. The van der Waals surface area contributed by atoms with Gasteiger partial charge in [0.2, 0.25) is 0 Å². The molecule has 84 valence electrons. The van der Waals surface area contributed by atoms with Gasteiger partial charge in [0, 0.05) is 0 Å². The molecule has 1 aliphatic carbocycles. The molecular weight excluding hydrogens is 215 g/mol. The Labute approximate surface area is 87.8 Å². The van der Waals surface area contributed by atoms with E-state index in [0.717, 1.165) is 19.4 Å². The van der Waals surface area contributed by atoms with Gasteiger partial charge in [0.1, 0.15) is 0 Å². The maximum atomic E-state index is 12.7. The molecule has 1 N–H and O–H groups in total. The first-order valence-corrected chi connectivity index (χ1v) is 4.84. The van der Waals surface area contributed by atoms with Gasteiger partial charge in [-0.05, 0) is 44.7 Å². The average molecular weight is 230 g/mol. The molecular formula is C9H15ClF3N. The Morgan fingerprint density at radius 3 is 2.21 bits per heavy atom. The molecule has 2 aliphatic rings. The van der Waals surface area contributed by atoms with Crippen LogP contribution in [-0.4, -0.2) is 19.3 Å². The van der Waals surface area contributed by atoms with E-state index in [1.54, 1.807) is 0 Å². The Morgan fingerprint density at radius 1 is 1.21 bits per heavy atom. The SMILES string of the molecule is Cl.FC(F)(F)C1(C2CCCNC2)CC1. The molecule has 1 atom stereocenters. The van der Waals surface area contributed by atoms with E-state index in [-0.39, 0.29) is 18.3 Å². The summed E-state index contributed by atoms with van der Waals surface area (Å²) in [5.74, 6) is -0.166. The first-order chi connectivity index (χ1) is 6.06. The second-order valence-corrected chi connectivity index (χ2v) is 4.20. The van der Waals surface area contributed by atoms with Crippen LogP contribution in [0.1, 0.15) is 25.7 Å². The molecule has 1 unspecified atom stereocenters. The van der Waals surface area contributed by atoms with Gasteiger partial charge in [0.15, 0.2) is 0 Å². The molecule has 2 rings (SSSR count). The van der Waals surface area contributed by atoms with Gasteiger partial charge in [0.25, 0.3) is 0 Å². The van der Waals surface area contributed by atoms with Crippen molar-refractivity contribution in [2.45, 2.75) is 31.9 Å². The fraction of sp³-hybridized carbons (Fsp3) is 1.00. The van der Waals surface area contributed by atoms with Crippen molar-refractivity contribution in [3.05, 3.63) is 0 Å². The van der Waals surface area contributed by atoms with Crippen LogP contribution in [0, 0.1) is 11.3 Å². The van der Waals surface area contributed by atoms with Gasteiger partial charge in [-0.15, -0.1) is 12.4 Å². The van der Waals surface area contributed by atoms with Crippen molar-refractivity contribution in [1.82, 2.24) is 5.32 Å². The molecule has 2 fully saturated rings. The minimum Gasteiger partial charge on any atom is -0.316 e. The lowest BCUT2D eigenvalue weighted by atomic mass is 9.83. The summed E-state index contributed by atoms with van der Waals surface area (Å²) in [6.07, 6.45) is -1.64. The second-order valence-electron chi connectivity index (χ2n) is 4.20. The third-order valence-electron chi connectivity index (χ3n) is 3.43. The predicted molar refractivity (Wildman–Crippen MR) is 50.6 cm³/mol. The zero-order valence-corrected chi connectivity index (χ0v) is 8.68. The van der Waals surface area contributed by atoms with Crippen molar-refractivity contribution < 1.29 is 13.2 Å². The summed E-state index contributed by atoms with van der Waals surface area (Å²) in [5, 5.41) is 3.05. The monoisotopic (exact) mass is 229 g/mol. The van der Waals surface area contributed by atoms with Crippen LogP contribution < -0.4 is 5.32 Å². The zero-order valence-electron chi connectivity index (χ0n) is 7.86. The third kappa shape index (κ3) is 1.87. The molecule has 0 amide bonds. The summed E-state index contributed by atoms with van der Waals surface area (Å²) in [7, 11) is 0. The number of piperidine rings is 1. The van der Waals surface area contributed by atoms with Gasteiger partial charge in [-0.2, -0.15) is 13.2 Å². The normalized spacial score (nSPS) is 30.6. The quantitative estimate of drug-likeness (QED) is 0.729. The topological polar surface area (TPSA) is 12.0 Å². The van der Waals surface area contributed by atoms with Crippen LogP contribution in [0.2, 0.25) is 0 Å². The van der Waals surface area contributed by atoms with Crippen molar-refractivity contribution in [2.75, 3.05) is 13.1 Å². The van der Waals surface area contributed by atoms with Crippen LogP contribution in [0.25, 0.3) is 0 Å².